The molecule has 2 heterocycles. The molecule has 0 unspecified atom stereocenters. The van der Waals surface area contributed by atoms with E-state index in [1.54, 1.807) is 23.5 Å². The molecule has 196 valence electrons. The number of nitrogens with zero attached hydrogens (tertiary/aromatic N) is 2. The summed E-state index contributed by atoms with van der Waals surface area (Å²) in [6.07, 6.45) is 2.17. The van der Waals surface area contributed by atoms with Gasteiger partial charge in [0, 0.05) is 48.5 Å². The molecule has 1 aliphatic heterocycles. The number of rotatable bonds is 6. The normalized spacial score (nSPS) is 31.4. The van der Waals surface area contributed by atoms with Crippen LogP contribution in [0.4, 0.5) is 4.39 Å². The number of carbonyl (C=O) groups excluding carboxylic acids is 1. The molecule has 1 aromatic heterocycles. The third-order valence-corrected chi connectivity index (χ3v) is 10.0. The van der Waals surface area contributed by atoms with E-state index in [1.807, 2.05) is 6.92 Å². The molecule has 2 aliphatic carbocycles. The summed E-state index contributed by atoms with van der Waals surface area (Å²) >= 11 is 1.70. The molecule has 1 aromatic carbocycles. The second-order valence-corrected chi connectivity index (χ2v) is 12.3. The number of ether oxygens (including phenoxy) is 1. The number of morpholine rings is 1. The zero-order chi connectivity index (χ0) is 25.4. The summed E-state index contributed by atoms with van der Waals surface area (Å²) in [5, 5.41) is 15.7. The Hall–Kier alpha value is -1.87. The van der Waals surface area contributed by atoms with Gasteiger partial charge >= 0.3 is 0 Å². The van der Waals surface area contributed by atoms with Gasteiger partial charge in [-0.2, -0.15) is 0 Å². The summed E-state index contributed by atoms with van der Waals surface area (Å²) in [4.78, 5) is 21.6. The van der Waals surface area contributed by atoms with Crippen LogP contribution in [0.2, 0.25) is 0 Å². The number of thiazole rings is 1. The second kappa shape index (κ2) is 10.5. The van der Waals surface area contributed by atoms with Crippen LogP contribution >= 0.6 is 11.3 Å². The highest BCUT2D eigenvalue weighted by Crippen LogP contribution is 2.57. The smallest absolute Gasteiger partial charge is 0.223 e. The van der Waals surface area contributed by atoms with Crippen molar-refractivity contribution in [3.8, 4) is 10.6 Å². The fourth-order valence-corrected chi connectivity index (χ4v) is 8.15. The number of nitrogens with one attached hydrogen (secondary N) is 1. The van der Waals surface area contributed by atoms with Gasteiger partial charge in [-0.1, -0.05) is 20.8 Å². The minimum absolute atomic E-state index is 0.0263. The Labute approximate surface area is 217 Å². The van der Waals surface area contributed by atoms with Crippen LogP contribution in [0.5, 0.6) is 0 Å². The highest BCUT2D eigenvalue weighted by atomic mass is 32.1. The first-order chi connectivity index (χ1) is 17.3. The molecule has 2 aromatic rings. The third-order valence-electron chi connectivity index (χ3n) is 8.90. The quantitative estimate of drug-likeness (QED) is 0.606. The van der Waals surface area contributed by atoms with Crippen LogP contribution in [-0.2, 0) is 16.0 Å². The number of amides is 1. The molecule has 36 heavy (non-hydrogen) atoms. The lowest BCUT2D eigenvalue weighted by Crippen LogP contribution is -2.53. The van der Waals surface area contributed by atoms with E-state index in [0.717, 1.165) is 68.4 Å². The number of fused-ring (bicyclic) bond motifs is 2. The van der Waals surface area contributed by atoms with E-state index in [0.29, 0.717) is 6.54 Å². The van der Waals surface area contributed by atoms with Crippen LogP contribution in [0.25, 0.3) is 10.6 Å². The molecule has 6 atom stereocenters. The summed E-state index contributed by atoms with van der Waals surface area (Å²) in [6, 6.07) is 6.51. The van der Waals surface area contributed by atoms with E-state index in [9.17, 15) is 14.3 Å². The van der Waals surface area contributed by atoms with Gasteiger partial charge in [0.2, 0.25) is 5.91 Å². The van der Waals surface area contributed by atoms with Gasteiger partial charge < -0.3 is 15.2 Å². The number of aliphatic hydroxyl groups excluding tert-OH is 1. The molecule has 0 spiro atoms. The lowest BCUT2D eigenvalue weighted by molar-refractivity contribution is -0.134. The average Bonchev–Trinajstić information content (AvgIpc) is 3.28. The van der Waals surface area contributed by atoms with Gasteiger partial charge in [-0.15, -0.1) is 11.3 Å². The van der Waals surface area contributed by atoms with Crippen LogP contribution in [0.15, 0.2) is 24.3 Å². The minimum atomic E-state index is -0.553. The van der Waals surface area contributed by atoms with Crippen molar-refractivity contribution in [2.75, 3.05) is 39.4 Å². The maximum absolute atomic E-state index is 13.4. The second-order valence-electron chi connectivity index (χ2n) is 11.2. The van der Waals surface area contributed by atoms with Crippen molar-refractivity contribution in [1.29, 1.82) is 0 Å². The molecule has 2 fully saturated rings. The fraction of sp³-hybridized carbons (Fsp3) is 0.643. The number of hydrogen-bond acceptors (Lipinski definition) is 6. The van der Waals surface area contributed by atoms with Crippen molar-refractivity contribution in [2.45, 2.75) is 52.1 Å². The first kappa shape index (κ1) is 25.8. The summed E-state index contributed by atoms with van der Waals surface area (Å²) in [5.41, 5.74) is 1.96. The summed E-state index contributed by atoms with van der Waals surface area (Å²) in [6.45, 7) is 11.2. The number of hydrogen-bond donors (Lipinski definition) is 2. The Bertz CT molecular complexity index is 1070. The minimum Gasteiger partial charge on any atom is -0.392 e. The highest BCUT2D eigenvalue weighted by molar-refractivity contribution is 7.15. The number of halogens is 1. The van der Waals surface area contributed by atoms with Gasteiger partial charge in [0.25, 0.3) is 0 Å². The number of aliphatic hydroxyl groups is 1. The topological polar surface area (TPSA) is 74.7 Å². The van der Waals surface area contributed by atoms with Crippen molar-refractivity contribution in [1.82, 2.24) is 15.2 Å². The zero-order valence-corrected chi connectivity index (χ0v) is 22.3. The van der Waals surface area contributed by atoms with E-state index in [2.05, 4.69) is 24.1 Å². The molecule has 2 N–H and O–H groups in total. The van der Waals surface area contributed by atoms with Gasteiger partial charge in [0.05, 0.1) is 25.0 Å². The van der Waals surface area contributed by atoms with Crippen molar-refractivity contribution >= 4 is 17.2 Å². The SMILES string of the molecule is C[C@H](C(=O)NCCN1CCOCC1)[C@@H]1CC[C@]2(C)Cc3sc(-c4ccc(F)cc4)nc3[C@H](C)[C@@H]2[C@H]1O. The standard InChI is InChI=1S/C28H38FN3O3S/c1-17(26(34)30-10-11-32-12-14-35-15-13-32)21-8-9-28(3)16-22-24(18(2)23(28)25(21)33)31-27(36-22)19-4-6-20(29)7-5-19/h4-7,17-18,21,23,25,33H,8-16H2,1-3H3,(H,30,34)/t17-,18+,21-,23+,25-,28+/m0/s1. The molecule has 6 nitrogen and oxygen atoms in total. The average molecular weight is 516 g/mol. The Morgan fingerprint density at radius 2 is 2.06 bits per heavy atom. The van der Waals surface area contributed by atoms with Gasteiger partial charge in [0.15, 0.2) is 0 Å². The Morgan fingerprint density at radius 3 is 2.78 bits per heavy atom. The van der Waals surface area contributed by atoms with E-state index < -0.39 is 6.10 Å². The highest BCUT2D eigenvalue weighted by Gasteiger charge is 2.53. The summed E-state index contributed by atoms with van der Waals surface area (Å²) in [5.74, 6) is -0.375. The Kier molecular flexibility index (Phi) is 7.50. The molecule has 0 radical (unpaired) electrons. The van der Waals surface area contributed by atoms with Crippen molar-refractivity contribution in [2.24, 2.45) is 23.2 Å². The predicted molar refractivity (Wildman–Crippen MR) is 139 cm³/mol. The number of aromatic nitrogens is 1. The Morgan fingerprint density at radius 1 is 1.33 bits per heavy atom. The molecule has 1 amide bonds. The van der Waals surface area contributed by atoms with Gasteiger partial charge in [-0.05, 0) is 60.8 Å². The van der Waals surface area contributed by atoms with Crippen molar-refractivity contribution in [3.05, 3.63) is 40.7 Å². The monoisotopic (exact) mass is 515 g/mol. The Balaban J connectivity index is 1.27. The maximum Gasteiger partial charge on any atom is 0.223 e. The lowest BCUT2D eigenvalue weighted by atomic mass is 9.53. The largest absolute Gasteiger partial charge is 0.392 e. The molecular formula is C28H38FN3O3S. The summed E-state index contributed by atoms with van der Waals surface area (Å²) < 4.78 is 18.8. The zero-order valence-electron chi connectivity index (χ0n) is 21.5. The van der Waals surface area contributed by atoms with E-state index in [1.165, 1.54) is 17.0 Å². The molecule has 1 saturated heterocycles. The molecule has 1 saturated carbocycles. The molecular weight excluding hydrogens is 477 g/mol. The summed E-state index contributed by atoms with van der Waals surface area (Å²) in [7, 11) is 0. The number of carbonyl (C=O) groups is 1. The van der Waals surface area contributed by atoms with Gasteiger partial charge in [0.1, 0.15) is 10.8 Å². The van der Waals surface area contributed by atoms with Crippen LogP contribution in [-0.4, -0.2) is 66.4 Å². The van der Waals surface area contributed by atoms with Crippen LogP contribution < -0.4 is 5.32 Å². The lowest BCUT2D eigenvalue weighted by Gasteiger charge is -2.53. The van der Waals surface area contributed by atoms with Crippen LogP contribution in [0.1, 0.15) is 50.1 Å². The van der Waals surface area contributed by atoms with Crippen molar-refractivity contribution in [3.63, 3.8) is 0 Å². The fourth-order valence-electron chi connectivity index (χ4n) is 6.78. The third kappa shape index (κ3) is 4.97. The van der Waals surface area contributed by atoms with Gasteiger partial charge in [-0.3, -0.25) is 9.69 Å². The van der Waals surface area contributed by atoms with Gasteiger partial charge in [-0.25, -0.2) is 9.37 Å². The molecule has 5 rings (SSSR count). The molecule has 0 bridgehead atoms. The maximum atomic E-state index is 13.4. The first-order valence-corrected chi connectivity index (χ1v) is 14.1. The number of benzene rings is 1. The van der Waals surface area contributed by atoms with Crippen LogP contribution in [0, 0.1) is 29.0 Å². The van der Waals surface area contributed by atoms with E-state index >= 15 is 0 Å². The van der Waals surface area contributed by atoms with Crippen LogP contribution in [0.3, 0.4) is 0 Å². The molecule has 3 aliphatic rings. The van der Waals surface area contributed by atoms with Crippen molar-refractivity contribution < 1.29 is 19.0 Å². The first-order valence-electron chi connectivity index (χ1n) is 13.3. The predicted octanol–water partition coefficient (Wildman–Crippen LogP) is 4.09. The van der Waals surface area contributed by atoms with E-state index in [4.69, 9.17) is 9.72 Å². The molecule has 8 heteroatoms. The van der Waals surface area contributed by atoms with E-state index in [-0.39, 0.29) is 40.8 Å².